The van der Waals surface area contributed by atoms with Crippen LogP contribution in [0, 0.1) is 0 Å². The number of fused-ring (bicyclic) bond motifs is 1. The predicted molar refractivity (Wildman–Crippen MR) is 97.5 cm³/mol. The van der Waals surface area contributed by atoms with E-state index in [0.717, 1.165) is 10.8 Å². The number of carbonyl (C=O) groups excluding carboxylic acids is 1. The topological polar surface area (TPSA) is 46.9 Å². The Hall–Kier alpha value is -2.92. The Morgan fingerprint density at radius 3 is 2.75 bits per heavy atom. The van der Waals surface area contributed by atoms with Crippen molar-refractivity contribution >= 4 is 33.8 Å². The number of nitrogens with zero attached hydrogens (tertiary/aromatic N) is 2. The summed E-state index contributed by atoms with van der Waals surface area (Å²) in [5.74, 6) is 0.565. The summed E-state index contributed by atoms with van der Waals surface area (Å²) in [5.41, 5.74) is 0.637. The van der Waals surface area contributed by atoms with Crippen LogP contribution in [0.3, 0.4) is 0 Å². The summed E-state index contributed by atoms with van der Waals surface area (Å²) in [6.45, 7) is 0.651. The Labute approximate surface area is 143 Å². The number of hydrogen-bond donors (Lipinski definition) is 1. The van der Waals surface area contributed by atoms with Crippen LogP contribution in [-0.2, 0) is 6.54 Å². The second-order valence-electron chi connectivity index (χ2n) is 5.47. The number of benzene rings is 2. The van der Waals surface area contributed by atoms with Gasteiger partial charge in [-0.1, -0.05) is 36.4 Å². The van der Waals surface area contributed by atoms with E-state index < -0.39 is 0 Å². The van der Waals surface area contributed by atoms with Crippen molar-refractivity contribution in [3.05, 3.63) is 82.7 Å². The molecule has 0 saturated heterocycles. The molecule has 5 heteroatoms. The van der Waals surface area contributed by atoms with Crippen molar-refractivity contribution < 1.29 is 4.79 Å². The maximum Gasteiger partial charge on any atom is 0.256 e. The van der Waals surface area contributed by atoms with Gasteiger partial charge in [0.2, 0.25) is 0 Å². The third kappa shape index (κ3) is 2.94. The standard InChI is InChI=1S/C19H15N3OS/c23-19(16-8-7-14-4-1-2-5-15(14)12-16)21-18-9-10-20-22(18)13-17-6-3-11-24-17/h1-12H,13H2,(H,21,23). The molecule has 2 aromatic carbocycles. The number of rotatable bonds is 4. The second-order valence-corrected chi connectivity index (χ2v) is 6.50. The highest BCUT2D eigenvalue weighted by atomic mass is 32.1. The summed E-state index contributed by atoms with van der Waals surface area (Å²) < 4.78 is 1.80. The number of anilines is 1. The maximum atomic E-state index is 12.6. The van der Waals surface area contributed by atoms with Crippen LogP contribution in [0.4, 0.5) is 5.82 Å². The molecule has 0 saturated carbocycles. The van der Waals surface area contributed by atoms with Gasteiger partial charge in [-0.15, -0.1) is 11.3 Å². The van der Waals surface area contributed by atoms with Gasteiger partial charge in [-0.25, -0.2) is 4.68 Å². The molecule has 0 radical (unpaired) electrons. The fraction of sp³-hybridized carbons (Fsp3) is 0.0526. The zero-order chi connectivity index (χ0) is 16.4. The minimum atomic E-state index is -0.131. The molecule has 0 aliphatic heterocycles. The zero-order valence-corrected chi connectivity index (χ0v) is 13.7. The number of thiophene rings is 1. The van der Waals surface area contributed by atoms with E-state index >= 15 is 0 Å². The van der Waals surface area contributed by atoms with Gasteiger partial charge in [-0.2, -0.15) is 5.10 Å². The molecule has 2 aromatic heterocycles. The molecule has 0 atom stereocenters. The Morgan fingerprint density at radius 2 is 1.92 bits per heavy atom. The Balaban J connectivity index is 1.56. The molecule has 1 N–H and O–H groups in total. The van der Waals surface area contributed by atoms with Crippen molar-refractivity contribution in [3.63, 3.8) is 0 Å². The molecule has 24 heavy (non-hydrogen) atoms. The first-order valence-electron chi connectivity index (χ1n) is 7.64. The second kappa shape index (κ2) is 6.29. The molecule has 2 heterocycles. The molecule has 0 aliphatic carbocycles. The van der Waals surface area contributed by atoms with Gasteiger partial charge in [0, 0.05) is 16.5 Å². The molecule has 0 fully saturated rings. The van der Waals surface area contributed by atoms with Crippen molar-refractivity contribution in [2.24, 2.45) is 0 Å². The highest BCUT2D eigenvalue weighted by Gasteiger charge is 2.10. The van der Waals surface area contributed by atoms with E-state index in [1.165, 1.54) is 4.88 Å². The lowest BCUT2D eigenvalue weighted by Crippen LogP contribution is -2.16. The summed E-state index contributed by atoms with van der Waals surface area (Å²) in [6, 6.07) is 19.6. The van der Waals surface area contributed by atoms with Crippen LogP contribution in [0.1, 0.15) is 15.2 Å². The first-order chi connectivity index (χ1) is 11.8. The summed E-state index contributed by atoms with van der Waals surface area (Å²) in [5, 5.41) is 11.5. The maximum absolute atomic E-state index is 12.6. The van der Waals surface area contributed by atoms with E-state index in [0.29, 0.717) is 17.9 Å². The first kappa shape index (κ1) is 14.7. The molecule has 4 rings (SSSR count). The van der Waals surface area contributed by atoms with Gasteiger partial charge < -0.3 is 5.32 Å². The number of carbonyl (C=O) groups is 1. The highest BCUT2D eigenvalue weighted by Crippen LogP contribution is 2.18. The number of aromatic nitrogens is 2. The normalized spacial score (nSPS) is 10.8. The van der Waals surface area contributed by atoms with Gasteiger partial charge in [-0.3, -0.25) is 4.79 Å². The fourth-order valence-electron chi connectivity index (χ4n) is 2.63. The number of hydrogen-bond acceptors (Lipinski definition) is 3. The van der Waals surface area contributed by atoms with Gasteiger partial charge in [0.15, 0.2) is 0 Å². The Kier molecular flexibility index (Phi) is 3.84. The third-order valence-corrected chi connectivity index (χ3v) is 4.72. The molecule has 0 aliphatic rings. The first-order valence-corrected chi connectivity index (χ1v) is 8.52. The lowest BCUT2D eigenvalue weighted by Gasteiger charge is -2.09. The quantitative estimate of drug-likeness (QED) is 0.602. The summed E-state index contributed by atoms with van der Waals surface area (Å²) >= 11 is 1.67. The van der Waals surface area contributed by atoms with Crippen LogP contribution >= 0.6 is 11.3 Å². The lowest BCUT2D eigenvalue weighted by atomic mass is 10.1. The molecular weight excluding hydrogens is 318 g/mol. The third-order valence-electron chi connectivity index (χ3n) is 3.86. The van der Waals surface area contributed by atoms with E-state index in [9.17, 15) is 4.79 Å². The highest BCUT2D eigenvalue weighted by molar-refractivity contribution is 7.09. The number of amides is 1. The smallest absolute Gasteiger partial charge is 0.256 e. The minimum absolute atomic E-state index is 0.131. The van der Waals surface area contributed by atoms with Gasteiger partial charge in [0.05, 0.1) is 12.7 Å². The summed E-state index contributed by atoms with van der Waals surface area (Å²) in [6.07, 6.45) is 1.70. The van der Waals surface area contributed by atoms with Gasteiger partial charge in [0.1, 0.15) is 5.82 Å². The fourth-order valence-corrected chi connectivity index (χ4v) is 3.32. The lowest BCUT2D eigenvalue weighted by molar-refractivity contribution is 0.102. The van der Waals surface area contributed by atoms with Crippen LogP contribution < -0.4 is 5.32 Å². The Morgan fingerprint density at radius 1 is 1.04 bits per heavy atom. The number of nitrogens with one attached hydrogen (secondary N) is 1. The molecule has 4 nitrogen and oxygen atoms in total. The van der Waals surface area contributed by atoms with Crippen molar-refractivity contribution in [2.75, 3.05) is 5.32 Å². The van der Waals surface area contributed by atoms with E-state index in [1.54, 1.807) is 22.2 Å². The molecular formula is C19H15N3OS. The van der Waals surface area contributed by atoms with Crippen LogP contribution in [-0.4, -0.2) is 15.7 Å². The molecule has 0 spiro atoms. The largest absolute Gasteiger partial charge is 0.307 e. The zero-order valence-electron chi connectivity index (χ0n) is 12.8. The molecule has 0 bridgehead atoms. The van der Waals surface area contributed by atoms with Crippen LogP contribution in [0.2, 0.25) is 0 Å². The molecule has 1 amide bonds. The van der Waals surface area contributed by atoms with E-state index in [1.807, 2.05) is 60.0 Å². The average Bonchev–Trinajstić information content (AvgIpc) is 3.27. The van der Waals surface area contributed by atoms with Crippen molar-refractivity contribution in [3.8, 4) is 0 Å². The van der Waals surface area contributed by atoms with Crippen LogP contribution in [0.25, 0.3) is 10.8 Å². The van der Waals surface area contributed by atoms with E-state index in [4.69, 9.17) is 0 Å². The Bertz CT molecular complexity index is 989. The van der Waals surface area contributed by atoms with E-state index in [-0.39, 0.29) is 5.91 Å². The molecule has 4 aromatic rings. The van der Waals surface area contributed by atoms with Crippen LogP contribution in [0.5, 0.6) is 0 Å². The summed E-state index contributed by atoms with van der Waals surface area (Å²) in [4.78, 5) is 13.8. The van der Waals surface area contributed by atoms with E-state index in [2.05, 4.69) is 16.5 Å². The van der Waals surface area contributed by atoms with Crippen molar-refractivity contribution in [1.29, 1.82) is 0 Å². The van der Waals surface area contributed by atoms with Gasteiger partial charge in [0.25, 0.3) is 5.91 Å². The SMILES string of the molecule is O=C(Nc1ccnn1Cc1cccs1)c1ccc2ccccc2c1. The van der Waals surface area contributed by atoms with Crippen molar-refractivity contribution in [1.82, 2.24) is 9.78 Å². The van der Waals surface area contributed by atoms with Gasteiger partial charge >= 0.3 is 0 Å². The van der Waals surface area contributed by atoms with Crippen molar-refractivity contribution in [2.45, 2.75) is 6.54 Å². The average molecular weight is 333 g/mol. The van der Waals surface area contributed by atoms with Gasteiger partial charge in [-0.05, 0) is 34.4 Å². The monoisotopic (exact) mass is 333 g/mol. The predicted octanol–water partition coefficient (Wildman–Crippen LogP) is 4.40. The molecule has 0 unspecified atom stereocenters. The minimum Gasteiger partial charge on any atom is -0.307 e. The molecule has 118 valence electrons. The van der Waals surface area contributed by atoms with Crippen LogP contribution in [0.15, 0.2) is 72.2 Å². The summed E-state index contributed by atoms with van der Waals surface area (Å²) in [7, 11) is 0.